The van der Waals surface area contributed by atoms with Crippen LogP contribution in [0.4, 0.5) is 13.2 Å². The summed E-state index contributed by atoms with van der Waals surface area (Å²) in [4.78, 5) is 18.5. The van der Waals surface area contributed by atoms with Gasteiger partial charge >= 0.3 is 6.18 Å². The highest BCUT2D eigenvalue weighted by molar-refractivity contribution is 6.06. The second-order valence-electron chi connectivity index (χ2n) is 6.75. The molecule has 9 heteroatoms. The van der Waals surface area contributed by atoms with Gasteiger partial charge in [0.2, 0.25) is 0 Å². The number of rotatable bonds is 5. The van der Waals surface area contributed by atoms with Crippen LogP contribution in [0.5, 0.6) is 5.75 Å². The molecule has 1 aliphatic heterocycles. The first-order chi connectivity index (χ1) is 13.3. The Morgan fingerprint density at radius 1 is 1.32 bits per heavy atom. The lowest BCUT2D eigenvalue weighted by Gasteiger charge is -2.35. The zero-order valence-corrected chi connectivity index (χ0v) is 15.8. The maximum absolute atomic E-state index is 13.5. The summed E-state index contributed by atoms with van der Waals surface area (Å²) in [6.45, 7) is 2.79. The first-order valence-corrected chi connectivity index (χ1v) is 9.04. The average molecular weight is 396 g/mol. The van der Waals surface area contributed by atoms with Crippen molar-refractivity contribution < 1.29 is 22.7 Å². The van der Waals surface area contributed by atoms with Gasteiger partial charge in [-0.25, -0.2) is 0 Å². The lowest BCUT2D eigenvalue weighted by molar-refractivity contribution is -0.183. The molecule has 0 bridgehead atoms. The zero-order chi connectivity index (χ0) is 20.3. The quantitative estimate of drug-likeness (QED) is 0.811. The maximum atomic E-state index is 13.5. The number of ether oxygens (including phenoxy) is 1. The topological polar surface area (TPSA) is 66.5 Å². The predicted octanol–water partition coefficient (Wildman–Crippen LogP) is 2.12. The summed E-state index contributed by atoms with van der Waals surface area (Å²) in [7, 11) is 1.50. The van der Waals surface area contributed by atoms with E-state index in [0.29, 0.717) is 35.4 Å². The molecule has 0 spiro atoms. The second kappa shape index (κ2) is 8.32. The minimum absolute atomic E-state index is 0.280. The smallest absolute Gasteiger partial charge is 0.405 e. The number of alkyl halides is 3. The number of hydrogen-bond donors (Lipinski definition) is 2. The van der Waals surface area contributed by atoms with E-state index in [9.17, 15) is 18.0 Å². The zero-order valence-electron chi connectivity index (χ0n) is 15.8. The third-order valence-corrected chi connectivity index (χ3v) is 4.81. The molecule has 1 unspecified atom stereocenters. The van der Waals surface area contributed by atoms with Crippen molar-refractivity contribution in [3.8, 4) is 5.75 Å². The van der Waals surface area contributed by atoms with E-state index in [-0.39, 0.29) is 18.7 Å². The van der Waals surface area contributed by atoms with Crippen LogP contribution in [0.3, 0.4) is 0 Å². The monoisotopic (exact) mass is 396 g/mol. The Hall–Kier alpha value is -2.39. The number of fused-ring (bicyclic) bond motifs is 1. The lowest BCUT2D eigenvalue weighted by atomic mass is 10.1. The summed E-state index contributed by atoms with van der Waals surface area (Å²) in [6.07, 6.45) is -4.43. The summed E-state index contributed by atoms with van der Waals surface area (Å²) in [5.74, 6) is -0.0191. The molecule has 2 heterocycles. The number of carbonyl (C=O) groups excluding carboxylic acids is 1. The molecule has 0 saturated carbocycles. The first kappa shape index (κ1) is 20.3. The molecule has 3 rings (SSSR count). The van der Waals surface area contributed by atoms with Crippen LogP contribution in [0, 0.1) is 6.92 Å². The fourth-order valence-electron chi connectivity index (χ4n) is 3.38. The molecule has 1 aromatic heterocycles. The fourth-order valence-corrected chi connectivity index (χ4v) is 3.38. The van der Waals surface area contributed by atoms with E-state index in [0.717, 1.165) is 0 Å². The molecular formula is C19H23F3N4O2. The van der Waals surface area contributed by atoms with Gasteiger partial charge in [-0.2, -0.15) is 13.2 Å². The molecule has 152 valence electrons. The molecule has 6 nitrogen and oxygen atoms in total. The number of hydrogen-bond acceptors (Lipinski definition) is 5. The fraction of sp³-hybridized carbons (Fsp3) is 0.474. The number of aromatic nitrogens is 1. The molecular weight excluding hydrogens is 373 g/mol. The Balaban J connectivity index is 1.83. The molecule has 0 aliphatic carbocycles. The minimum Gasteiger partial charge on any atom is -0.497 e. The Morgan fingerprint density at radius 2 is 2.04 bits per heavy atom. The van der Waals surface area contributed by atoms with Crippen molar-refractivity contribution in [2.75, 3.05) is 39.8 Å². The van der Waals surface area contributed by atoms with Crippen LogP contribution in [0.15, 0.2) is 24.3 Å². The Morgan fingerprint density at radius 3 is 2.68 bits per heavy atom. The summed E-state index contributed by atoms with van der Waals surface area (Å²) in [5.41, 5.74) is 1.47. The van der Waals surface area contributed by atoms with Crippen molar-refractivity contribution >= 4 is 16.8 Å². The summed E-state index contributed by atoms with van der Waals surface area (Å²) in [5, 5.41) is 6.04. The van der Waals surface area contributed by atoms with E-state index in [2.05, 4.69) is 15.6 Å². The van der Waals surface area contributed by atoms with Gasteiger partial charge < -0.3 is 15.4 Å². The Kier molecular flexibility index (Phi) is 6.04. The first-order valence-electron chi connectivity index (χ1n) is 9.04. The third-order valence-electron chi connectivity index (χ3n) is 4.81. The lowest BCUT2D eigenvalue weighted by Crippen LogP contribution is -2.57. The summed E-state index contributed by atoms with van der Waals surface area (Å²) < 4.78 is 45.8. The number of methoxy groups -OCH3 is 1. The molecule has 2 N–H and O–H groups in total. The van der Waals surface area contributed by atoms with Gasteiger partial charge in [0.25, 0.3) is 5.91 Å². The predicted molar refractivity (Wildman–Crippen MR) is 99.7 cm³/mol. The van der Waals surface area contributed by atoms with E-state index in [1.807, 2.05) is 0 Å². The number of benzene rings is 1. The summed E-state index contributed by atoms with van der Waals surface area (Å²) in [6, 6.07) is 4.96. The molecule has 1 fully saturated rings. The Bertz CT molecular complexity index is 851. The Labute approximate surface area is 161 Å². The van der Waals surface area contributed by atoms with Crippen molar-refractivity contribution in [1.29, 1.82) is 0 Å². The van der Waals surface area contributed by atoms with Crippen molar-refractivity contribution in [2.45, 2.75) is 19.1 Å². The van der Waals surface area contributed by atoms with E-state index in [1.165, 1.54) is 12.0 Å². The van der Waals surface area contributed by atoms with Gasteiger partial charge in [-0.05, 0) is 31.2 Å². The van der Waals surface area contributed by atoms with Crippen LogP contribution in [0.25, 0.3) is 10.9 Å². The summed E-state index contributed by atoms with van der Waals surface area (Å²) >= 11 is 0. The van der Waals surface area contributed by atoms with E-state index in [4.69, 9.17) is 4.74 Å². The molecule has 1 aliphatic rings. The van der Waals surface area contributed by atoms with Gasteiger partial charge in [0, 0.05) is 43.8 Å². The molecule has 2 aromatic rings. The van der Waals surface area contributed by atoms with E-state index in [1.54, 1.807) is 31.2 Å². The highest BCUT2D eigenvalue weighted by atomic mass is 19.4. The normalized spacial score (nSPS) is 16.8. The van der Waals surface area contributed by atoms with Crippen LogP contribution >= 0.6 is 0 Å². The van der Waals surface area contributed by atoms with Gasteiger partial charge in [0.15, 0.2) is 0 Å². The highest BCUT2D eigenvalue weighted by Gasteiger charge is 2.43. The van der Waals surface area contributed by atoms with Gasteiger partial charge in [0.1, 0.15) is 11.8 Å². The van der Waals surface area contributed by atoms with Crippen molar-refractivity contribution in [3.05, 3.63) is 35.5 Å². The molecule has 1 aromatic carbocycles. The van der Waals surface area contributed by atoms with Gasteiger partial charge in [-0.3, -0.25) is 14.7 Å². The molecule has 1 saturated heterocycles. The van der Waals surface area contributed by atoms with Crippen molar-refractivity contribution in [2.24, 2.45) is 0 Å². The second-order valence-corrected chi connectivity index (χ2v) is 6.75. The molecule has 28 heavy (non-hydrogen) atoms. The van der Waals surface area contributed by atoms with E-state index < -0.39 is 24.7 Å². The maximum Gasteiger partial charge on any atom is 0.405 e. The number of amides is 1. The van der Waals surface area contributed by atoms with Crippen LogP contribution in [-0.4, -0.2) is 67.8 Å². The SMILES string of the molecule is COc1ccc2nc(C)cc(C(=O)NCC(N3CCNCC3)C(F)(F)F)c2c1. The largest absolute Gasteiger partial charge is 0.497 e. The van der Waals surface area contributed by atoms with Crippen LogP contribution < -0.4 is 15.4 Å². The number of piperazine rings is 1. The molecule has 1 amide bonds. The van der Waals surface area contributed by atoms with Crippen LogP contribution in [-0.2, 0) is 0 Å². The number of nitrogens with one attached hydrogen (secondary N) is 2. The number of aryl methyl sites for hydroxylation is 1. The number of carbonyl (C=O) groups is 1. The van der Waals surface area contributed by atoms with Crippen molar-refractivity contribution in [3.63, 3.8) is 0 Å². The number of halogens is 3. The highest BCUT2D eigenvalue weighted by Crippen LogP contribution is 2.26. The standard InChI is InChI=1S/C19H23F3N4O2/c1-12-9-15(14-10-13(28-2)3-4-16(14)25-12)18(27)24-11-17(19(20,21)22)26-7-5-23-6-8-26/h3-4,9-10,17,23H,5-8,11H2,1-2H3,(H,24,27). The minimum atomic E-state index is -4.43. The van der Waals surface area contributed by atoms with Gasteiger partial charge in [0.05, 0.1) is 18.2 Å². The molecule has 1 atom stereocenters. The number of nitrogens with zero attached hydrogens (tertiary/aromatic N) is 2. The van der Waals surface area contributed by atoms with Gasteiger partial charge in [-0.15, -0.1) is 0 Å². The number of pyridine rings is 1. The third kappa shape index (κ3) is 4.53. The van der Waals surface area contributed by atoms with Crippen molar-refractivity contribution in [1.82, 2.24) is 20.5 Å². The molecule has 0 radical (unpaired) electrons. The van der Waals surface area contributed by atoms with Crippen LogP contribution in [0.1, 0.15) is 16.1 Å². The van der Waals surface area contributed by atoms with Gasteiger partial charge in [-0.1, -0.05) is 0 Å². The van der Waals surface area contributed by atoms with E-state index >= 15 is 0 Å². The average Bonchev–Trinajstić information content (AvgIpc) is 2.66. The van der Waals surface area contributed by atoms with Crippen LogP contribution in [0.2, 0.25) is 0 Å².